The Morgan fingerprint density at radius 2 is 0.697 bits per heavy atom. The quantitative estimate of drug-likeness (QED) is 0.0261. The SMILES string of the molecule is CC/C=C\C/C=C\C/C=C\C/C=C\C/C=C\C/C=C\C/C=C\C/C=C\CCCCCCCCCCCCC(=O)NC(COC1OC(CO)C(O)C(O)C1O)C(O)/C=C/CCCCCCCCCCCCCCCCCCCCCCCCCCCCCCC. The van der Waals surface area contributed by atoms with Crippen LogP contribution in [-0.4, -0.2) is 87.5 Å². The fourth-order valence-corrected chi connectivity index (χ4v) is 11.5. The van der Waals surface area contributed by atoms with Gasteiger partial charge in [0, 0.05) is 6.42 Å². The first-order chi connectivity index (χ1) is 43.8. The summed E-state index contributed by atoms with van der Waals surface area (Å²) in [5, 5.41) is 54.9. The number of aliphatic hydroxyl groups excluding tert-OH is 5. The molecule has 0 radical (unpaired) electrons. The lowest BCUT2D eigenvalue weighted by Gasteiger charge is -2.40. The van der Waals surface area contributed by atoms with Crippen LogP contribution in [0.5, 0.6) is 0 Å². The predicted octanol–water partition coefficient (Wildman–Crippen LogP) is 21.2. The summed E-state index contributed by atoms with van der Waals surface area (Å²) in [6.45, 7) is 3.70. The average molecular weight is 1250 g/mol. The van der Waals surface area contributed by atoms with Crippen LogP contribution in [-0.2, 0) is 14.3 Å². The second kappa shape index (κ2) is 67.7. The third-order valence-corrected chi connectivity index (χ3v) is 17.4. The van der Waals surface area contributed by atoms with Crippen LogP contribution in [0.2, 0.25) is 0 Å². The van der Waals surface area contributed by atoms with Crippen LogP contribution in [0.4, 0.5) is 0 Å². The fraction of sp³-hybridized carbons (Fsp3) is 0.762. The van der Waals surface area contributed by atoms with Crippen molar-refractivity contribution < 1.29 is 39.8 Å². The van der Waals surface area contributed by atoms with E-state index in [1.165, 1.54) is 212 Å². The van der Waals surface area contributed by atoms with Gasteiger partial charge in [0.05, 0.1) is 25.4 Å². The van der Waals surface area contributed by atoms with Crippen molar-refractivity contribution in [3.05, 3.63) is 109 Å². The third-order valence-electron chi connectivity index (χ3n) is 17.4. The van der Waals surface area contributed by atoms with Crippen molar-refractivity contribution in [2.75, 3.05) is 13.2 Å². The molecule has 1 fully saturated rings. The van der Waals surface area contributed by atoms with Crippen LogP contribution in [0, 0.1) is 0 Å². The van der Waals surface area contributed by atoms with Crippen molar-refractivity contribution in [1.82, 2.24) is 5.32 Å². The van der Waals surface area contributed by atoms with Gasteiger partial charge in [-0.2, -0.15) is 0 Å². The van der Waals surface area contributed by atoms with Crippen molar-refractivity contribution >= 4 is 5.91 Å². The Morgan fingerprint density at radius 1 is 0.393 bits per heavy atom. The normalized spacial score (nSPS) is 18.5. The highest BCUT2D eigenvalue weighted by molar-refractivity contribution is 5.76. The Bertz CT molecular complexity index is 1780. The van der Waals surface area contributed by atoms with Crippen LogP contribution in [0.1, 0.15) is 335 Å². The number of unbranched alkanes of at least 4 members (excludes halogenated alkanes) is 39. The molecule has 1 heterocycles. The van der Waals surface area contributed by atoms with E-state index in [9.17, 15) is 30.3 Å². The summed E-state index contributed by atoms with van der Waals surface area (Å²) in [7, 11) is 0. The van der Waals surface area contributed by atoms with Crippen LogP contribution in [0.15, 0.2) is 109 Å². The Labute approximate surface area is 548 Å². The van der Waals surface area contributed by atoms with Crippen molar-refractivity contribution in [2.24, 2.45) is 0 Å². The average Bonchev–Trinajstić information content (AvgIpc) is 2.28. The molecule has 7 atom stereocenters. The van der Waals surface area contributed by atoms with Gasteiger partial charge in [-0.1, -0.05) is 354 Å². The number of nitrogens with one attached hydrogen (secondary N) is 1. The number of amides is 1. The Hall–Kier alpha value is -3.15. The van der Waals surface area contributed by atoms with E-state index in [4.69, 9.17) is 9.47 Å². The van der Waals surface area contributed by atoms with E-state index in [-0.39, 0.29) is 12.5 Å². The van der Waals surface area contributed by atoms with Gasteiger partial charge in [-0.15, -0.1) is 0 Å². The molecule has 0 aliphatic carbocycles. The second-order valence-electron chi connectivity index (χ2n) is 25.7. The molecule has 9 nitrogen and oxygen atoms in total. The predicted molar refractivity (Wildman–Crippen MR) is 382 cm³/mol. The monoisotopic (exact) mass is 1240 g/mol. The molecule has 1 amide bonds. The summed E-state index contributed by atoms with van der Waals surface area (Å²) in [5.74, 6) is -0.182. The summed E-state index contributed by atoms with van der Waals surface area (Å²) >= 11 is 0. The van der Waals surface area contributed by atoms with Gasteiger partial charge in [0.1, 0.15) is 24.4 Å². The van der Waals surface area contributed by atoms with E-state index < -0.39 is 49.5 Å². The molecule has 1 saturated heterocycles. The Morgan fingerprint density at radius 3 is 1.03 bits per heavy atom. The lowest BCUT2D eigenvalue weighted by Crippen LogP contribution is -2.60. The van der Waals surface area contributed by atoms with E-state index in [2.05, 4.69) is 116 Å². The van der Waals surface area contributed by atoms with Gasteiger partial charge in [-0.05, 0) is 83.5 Å². The van der Waals surface area contributed by atoms with Crippen molar-refractivity contribution in [1.29, 1.82) is 0 Å². The molecule has 89 heavy (non-hydrogen) atoms. The number of carbonyl (C=O) groups is 1. The molecule has 6 N–H and O–H groups in total. The molecule has 0 bridgehead atoms. The molecule has 9 heteroatoms. The molecule has 1 aliphatic rings. The minimum absolute atomic E-state index is 0.182. The highest BCUT2D eigenvalue weighted by Crippen LogP contribution is 2.23. The number of carbonyl (C=O) groups excluding carboxylic acids is 1. The number of allylic oxidation sites excluding steroid dienone is 17. The summed E-state index contributed by atoms with van der Waals surface area (Å²) in [6, 6.07) is -0.817. The number of hydrogen-bond donors (Lipinski definition) is 6. The topological polar surface area (TPSA) is 149 Å². The molecule has 0 aromatic carbocycles. The van der Waals surface area contributed by atoms with E-state index in [1.54, 1.807) is 6.08 Å². The highest BCUT2D eigenvalue weighted by Gasteiger charge is 2.44. The lowest BCUT2D eigenvalue weighted by atomic mass is 9.99. The summed E-state index contributed by atoms with van der Waals surface area (Å²) in [5.41, 5.74) is 0. The van der Waals surface area contributed by atoms with Crippen LogP contribution < -0.4 is 5.32 Å². The molecule has 1 aliphatic heterocycles. The first kappa shape index (κ1) is 83.9. The first-order valence-corrected chi connectivity index (χ1v) is 37.6. The molecule has 0 saturated carbocycles. The van der Waals surface area contributed by atoms with Crippen molar-refractivity contribution in [3.63, 3.8) is 0 Å². The number of aliphatic hydroxyl groups is 5. The van der Waals surface area contributed by atoms with Crippen molar-refractivity contribution in [2.45, 2.75) is 378 Å². The highest BCUT2D eigenvalue weighted by atomic mass is 16.7. The molecular weight excluding hydrogens is 1100 g/mol. The Kier molecular flexibility index (Phi) is 63.8. The third kappa shape index (κ3) is 56.1. The molecular formula is C80H141NO8. The van der Waals surface area contributed by atoms with Crippen LogP contribution >= 0.6 is 0 Å². The van der Waals surface area contributed by atoms with Gasteiger partial charge < -0.3 is 40.3 Å². The van der Waals surface area contributed by atoms with Crippen LogP contribution in [0.3, 0.4) is 0 Å². The zero-order valence-electron chi connectivity index (χ0n) is 57.7. The maximum atomic E-state index is 13.2. The lowest BCUT2D eigenvalue weighted by molar-refractivity contribution is -0.302. The maximum absolute atomic E-state index is 13.2. The van der Waals surface area contributed by atoms with E-state index in [0.29, 0.717) is 6.42 Å². The summed E-state index contributed by atoms with van der Waals surface area (Å²) < 4.78 is 11.3. The van der Waals surface area contributed by atoms with Gasteiger partial charge in [-0.3, -0.25) is 4.79 Å². The standard InChI is InChI=1S/C80H141NO8/c1-3-5-7-9-11-13-15-17-19-21-23-25-27-29-31-33-35-36-37-38-40-42-44-46-48-50-52-54-56-58-60-62-64-66-68-70-76(84)81-73(72-88-80-79(87)78(86)77(85)75(71-82)89-80)74(83)69-67-65-63-61-59-57-55-53-51-49-47-45-43-41-39-34-32-30-28-26-24-22-20-18-16-14-12-10-8-6-4-2/h5,7,11,13,17,19,23,25,29,31,35-36,38,40,44,46,67,69,73-75,77-80,82-83,85-87H,3-4,6,8-10,12,14-16,18,20-22,24,26-28,30,32-34,37,39,41-43,45,47-66,68,70-72H2,1-2H3,(H,81,84)/b7-5-,13-11-,19-17-,25-23-,31-29-,36-35-,40-38-,46-44-,69-67+. The molecule has 514 valence electrons. The van der Waals surface area contributed by atoms with Gasteiger partial charge in [-0.25, -0.2) is 0 Å². The second-order valence-corrected chi connectivity index (χ2v) is 25.7. The summed E-state index contributed by atoms with van der Waals surface area (Å²) in [4.78, 5) is 13.2. The smallest absolute Gasteiger partial charge is 0.220 e. The molecule has 0 spiro atoms. The number of ether oxygens (including phenoxy) is 2. The largest absolute Gasteiger partial charge is 0.394 e. The molecule has 7 unspecified atom stereocenters. The zero-order valence-corrected chi connectivity index (χ0v) is 57.7. The molecule has 0 aromatic heterocycles. The molecule has 0 aromatic rings. The van der Waals surface area contributed by atoms with Gasteiger partial charge in [0.15, 0.2) is 6.29 Å². The van der Waals surface area contributed by atoms with Crippen LogP contribution in [0.25, 0.3) is 0 Å². The van der Waals surface area contributed by atoms with Gasteiger partial charge in [0.25, 0.3) is 0 Å². The fourth-order valence-electron chi connectivity index (χ4n) is 11.5. The van der Waals surface area contributed by atoms with Gasteiger partial charge in [0.2, 0.25) is 5.91 Å². The first-order valence-electron chi connectivity index (χ1n) is 37.6. The minimum atomic E-state index is -1.57. The van der Waals surface area contributed by atoms with Crippen molar-refractivity contribution in [3.8, 4) is 0 Å². The van der Waals surface area contributed by atoms with E-state index in [1.807, 2.05) is 6.08 Å². The minimum Gasteiger partial charge on any atom is -0.394 e. The number of hydrogen-bond acceptors (Lipinski definition) is 8. The summed E-state index contributed by atoms with van der Waals surface area (Å²) in [6.07, 6.45) is 93.4. The van der Waals surface area contributed by atoms with E-state index in [0.717, 1.165) is 103 Å². The van der Waals surface area contributed by atoms with E-state index >= 15 is 0 Å². The molecule has 1 rings (SSSR count). The zero-order chi connectivity index (χ0) is 64.2. The number of rotatable bonds is 65. The Balaban J connectivity index is 2.13. The maximum Gasteiger partial charge on any atom is 0.220 e. The van der Waals surface area contributed by atoms with Gasteiger partial charge >= 0.3 is 0 Å².